The summed E-state index contributed by atoms with van der Waals surface area (Å²) in [6.07, 6.45) is 3.71. The standard InChI is InChI=1S/C20H26N4O2.HI/c1-14-9-15(2)11-17(10-14)24-20(21)23-13-16-3-6-22-19(12-16)26-18-4-7-25-8-5-18;/h3,6,9-12,18H,4-5,7-8,13H2,1-2H3,(H3,21,23,24);1H. The number of benzene rings is 1. The van der Waals surface area contributed by atoms with Crippen molar-refractivity contribution in [3.8, 4) is 5.88 Å². The van der Waals surface area contributed by atoms with Gasteiger partial charge in [0.25, 0.3) is 0 Å². The van der Waals surface area contributed by atoms with Gasteiger partial charge >= 0.3 is 0 Å². The van der Waals surface area contributed by atoms with Crippen LogP contribution in [-0.2, 0) is 11.3 Å². The van der Waals surface area contributed by atoms with Crippen molar-refractivity contribution in [2.45, 2.75) is 39.3 Å². The third-order valence-electron chi connectivity index (χ3n) is 4.18. The molecule has 0 atom stereocenters. The van der Waals surface area contributed by atoms with E-state index in [0.717, 1.165) is 37.3 Å². The van der Waals surface area contributed by atoms with Crippen molar-refractivity contribution in [3.05, 3.63) is 53.2 Å². The molecule has 1 saturated heterocycles. The number of hydrogen-bond donors (Lipinski definition) is 2. The number of aliphatic imine (C=N–C) groups is 1. The summed E-state index contributed by atoms with van der Waals surface area (Å²) in [6.45, 7) is 6.08. The summed E-state index contributed by atoms with van der Waals surface area (Å²) < 4.78 is 11.3. The number of pyridine rings is 1. The number of hydrogen-bond acceptors (Lipinski definition) is 4. The van der Waals surface area contributed by atoms with Crippen molar-refractivity contribution in [2.75, 3.05) is 18.5 Å². The van der Waals surface area contributed by atoms with Crippen LogP contribution in [0.1, 0.15) is 29.5 Å². The Bertz CT molecular complexity index is 756. The van der Waals surface area contributed by atoms with Gasteiger partial charge in [-0.15, -0.1) is 24.0 Å². The molecule has 146 valence electrons. The highest BCUT2D eigenvalue weighted by molar-refractivity contribution is 14.0. The van der Waals surface area contributed by atoms with Crippen LogP contribution in [0.4, 0.5) is 5.69 Å². The Kier molecular flexibility index (Phi) is 8.30. The minimum Gasteiger partial charge on any atom is -0.474 e. The molecule has 0 amide bonds. The number of nitrogens with one attached hydrogen (secondary N) is 1. The second-order valence-corrected chi connectivity index (χ2v) is 6.63. The zero-order valence-electron chi connectivity index (χ0n) is 15.8. The predicted octanol–water partition coefficient (Wildman–Crippen LogP) is 3.80. The largest absolute Gasteiger partial charge is 0.474 e. The lowest BCUT2D eigenvalue weighted by molar-refractivity contribution is 0.0237. The Hall–Kier alpha value is -1.87. The van der Waals surface area contributed by atoms with Crippen LogP contribution in [0.3, 0.4) is 0 Å². The lowest BCUT2D eigenvalue weighted by Gasteiger charge is -2.22. The maximum Gasteiger partial charge on any atom is 0.213 e. The van der Waals surface area contributed by atoms with E-state index < -0.39 is 0 Å². The molecule has 1 aliphatic rings. The molecule has 2 aromatic rings. The summed E-state index contributed by atoms with van der Waals surface area (Å²) in [4.78, 5) is 8.71. The van der Waals surface area contributed by atoms with E-state index in [1.165, 1.54) is 11.1 Å². The van der Waals surface area contributed by atoms with Crippen molar-refractivity contribution < 1.29 is 9.47 Å². The molecule has 0 radical (unpaired) electrons. The first kappa shape index (κ1) is 21.4. The first-order valence-electron chi connectivity index (χ1n) is 8.93. The molecule has 0 spiro atoms. The highest BCUT2D eigenvalue weighted by Crippen LogP contribution is 2.17. The van der Waals surface area contributed by atoms with Crippen molar-refractivity contribution in [3.63, 3.8) is 0 Å². The molecule has 6 nitrogen and oxygen atoms in total. The van der Waals surface area contributed by atoms with Crippen LogP contribution in [-0.4, -0.2) is 30.3 Å². The van der Waals surface area contributed by atoms with E-state index in [0.29, 0.717) is 18.4 Å². The summed E-state index contributed by atoms with van der Waals surface area (Å²) in [5.74, 6) is 1.02. The number of nitrogens with two attached hydrogens (primary N) is 1. The van der Waals surface area contributed by atoms with Crippen LogP contribution in [0.5, 0.6) is 5.88 Å². The molecule has 2 heterocycles. The molecule has 1 aliphatic heterocycles. The molecule has 3 N–H and O–H groups in total. The molecule has 1 aromatic carbocycles. The van der Waals surface area contributed by atoms with Gasteiger partial charge in [0, 0.05) is 30.8 Å². The van der Waals surface area contributed by atoms with Crippen LogP contribution in [0, 0.1) is 13.8 Å². The normalized spacial score (nSPS) is 15.1. The van der Waals surface area contributed by atoms with Gasteiger partial charge in [0.05, 0.1) is 19.8 Å². The summed E-state index contributed by atoms with van der Waals surface area (Å²) in [5, 5.41) is 3.14. The van der Waals surface area contributed by atoms with E-state index in [4.69, 9.17) is 15.2 Å². The van der Waals surface area contributed by atoms with Gasteiger partial charge < -0.3 is 20.5 Å². The average molecular weight is 482 g/mol. The summed E-state index contributed by atoms with van der Waals surface area (Å²) in [5.41, 5.74) is 10.3. The maximum atomic E-state index is 6.02. The second kappa shape index (κ2) is 10.5. The zero-order valence-corrected chi connectivity index (χ0v) is 18.1. The van der Waals surface area contributed by atoms with Gasteiger partial charge in [0.2, 0.25) is 5.88 Å². The van der Waals surface area contributed by atoms with E-state index in [2.05, 4.69) is 35.2 Å². The van der Waals surface area contributed by atoms with E-state index >= 15 is 0 Å². The molecule has 0 bridgehead atoms. The van der Waals surface area contributed by atoms with E-state index in [-0.39, 0.29) is 30.1 Å². The Balaban J connectivity index is 0.00000261. The third-order valence-corrected chi connectivity index (χ3v) is 4.18. The van der Waals surface area contributed by atoms with Gasteiger partial charge in [-0.2, -0.15) is 0 Å². The summed E-state index contributed by atoms with van der Waals surface area (Å²) >= 11 is 0. The summed E-state index contributed by atoms with van der Waals surface area (Å²) in [7, 11) is 0. The zero-order chi connectivity index (χ0) is 18.4. The molecule has 7 heteroatoms. The smallest absolute Gasteiger partial charge is 0.213 e. The van der Waals surface area contributed by atoms with Crippen LogP contribution in [0.15, 0.2) is 41.5 Å². The number of guanidine groups is 1. The van der Waals surface area contributed by atoms with Crippen molar-refractivity contribution >= 4 is 35.6 Å². The van der Waals surface area contributed by atoms with E-state index in [1.54, 1.807) is 6.20 Å². The molecule has 27 heavy (non-hydrogen) atoms. The lowest BCUT2D eigenvalue weighted by atomic mass is 10.1. The minimum absolute atomic E-state index is 0. The maximum absolute atomic E-state index is 6.02. The van der Waals surface area contributed by atoms with Crippen molar-refractivity contribution in [1.29, 1.82) is 0 Å². The SMILES string of the molecule is Cc1cc(C)cc(NC(N)=NCc2ccnc(OC3CCOCC3)c2)c1.I. The Morgan fingerprint density at radius 3 is 2.63 bits per heavy atom. The topological polar surface area (TPSA) is 81.8 Å². The number of ether oxygens (including phenoxy) is 2. The lowest BCUT2D eigenvalue weighted by Crippen LogP contribution is -2.26. The molecule has 0 saturated carbocycles. The second-order valence-electron chi connectivity index (χ2n) is 6.63. The number of anilines is 1. The van der Waals surface area contributed by atoms with Crippen LogP contribution >= 0.6 is 24.0 Å². The molecule has 1 fully saturated rings. The van der Waals surface area contributed by atoms with Crippen LogP contribution in [0.25, 0.3) is 0 Å². The third kappa shape index (κ3) is 6.99. The molecule has 3 rings (SSSR count). The quantitative estimate of drug-likeness (QED) is 0.385. The van der Waals surface area contributed by atoms with E-state index in [1.807, 2.05) is 24.3 Å². The minimum atomic E-state index is 0. The van der Waals surface area contributed by atoms with Gasteiger partial charge in [-0.3, -0.25) is 0 Å². The molecule has 0 unspecified atom stereocenters. The summed E-state index contributed by atoms with van der Waals surface area (Å²) in [6, 6.07) is 10.0. The molecule has 1 aromatic heterocycles. The average Bonchev–Trinajstić information content (AvgIpc) is 2.60. The monoisotopic (exact) mass is 482 g/mol. The van der Waals surface area contributed by atoms with Gasteiger partial charge in [-0.1, -0.05) is 6.07 Å². The fourth-order valence-electron chi connectivity index (χ4n) is 2.99. The van der Waals surface area contributed by atoms with Gasteiger partial charge in [-0.25, -0.2) is 9.98 Å². The Labute approximate surface area is 177 Å². The van der Waals surface area contributed by atoms with Crippen LogP contribution < -0.4 is 15.8 Å². The highest BCUT2D eigenvalue weighted by atomic mass is 127. The Morgan fingerprint density at radius 1 is 1.22 bits per heavy atom. The van der Waals surface area contributed by atoms with E-state index in [9.17, 15) is 0 Å². The highest BCUT2D eigenvalue weighted by Gasteiger charge is 2.15. The first-order valence-corrected chi connectivity index (χ1v) is 8.93. The Morgan fingerprint density at radius 2 is 1.93 bits per heavy atom. The van der Waals surface area contributed by atoms with Gasteiger partial charge in [0.1, 0.15) is 6.10 Å². The number of nitrogens with zero attached hydrogens (tertiary/aromatic N) is 2. The number of halogens is 1. The first-order chi connectivity index (χ1) is 12.6. The van der Waals surface area contributed by atoms with Gasteiger partial charge in [0.15, 0.2) is 5.96 Å². The van der Waals surface area contributed by atoms with Crippen molar-refractivity contribution in [1.82, 2.24) is 4.98 Å². The van der Waals surface area contributed by atoms with Gasteiger partial charge in [-0.05, 0) is 48.7 Å². The molecule has 0 aliphatic carbocycles. The molecular weight excluding hydrogens is 455 g/mol. The fourth-order valence-corrected chi connectivity index (χ4v) is 2.99. The fraction of sp³-hybridized carbons (Fsp3) is 0.400. The predicted molar refractivity (Wildman–Crippen MR) is 119 cm³/mol. The molecular formula is C20H27IN4O2. The number of aromatic nitrogens is 1. The van der Waals surface area contributed by atoms with Crippen molar-refractivity contribution in [2.24, 2.45) is 10.7 Å². The number of aryl methyl sites for hydroxylation is 2. The number of rotatable bonds is 5. The van der Waals surface area contributed by atoms with Crippen LogP contribution in [0.2, 0.25) is 0 Å².